The Kier molecular flexibility index (Phi) is 4.82. The first kappa shape index (κ1) is 21.8. The Morgan fingerprint density at radius 2 is 1.08 bits per heavy atom. The van der Waals surface area contributed by atoms with Gasteiger partial charge in [0.05, 0.1) is 0 Å². The van der Waals surface area contributed by atoms with Crippen LogP contribution in [-0.2, 0) is 0 Å². The van der Waals surface area contributed by atoms with Crippen LogP contribution in [0, 0.1) is 0 Å². The van der Waals surface area contributed by atoms with Crippen molar-refractivity contribution in [2.75, 3.05) is 0 Å². The van der Waals surface area contributed by atoms with Crippen LogP contribution < -0.4 is 0 Å². The number of pyridine rings is 2. The molecule has 0 aliphatic rings. The molecule has 0 bridgehead atoms. The summed E-state index contributed by atoms with van der Waals surface area (Å²) in [5.74, 6) is 0. The average Bonchev–Trinajstić information content (AvgIpc) is 3.42. The monoisotopic (exact) mass is 498 g/mol. The molecule has 0 saturated heterocycles. The Morgan fingerprint density at radius 1 is 0.462 bits per heavy atom. The van der Waals surface area contributed by atoms with Gasteiger partial charge < -0.3 is 4.42 Å². The van der Waals surface area contributed by atoms with Crippen LogP contribution in [0.5, 0.6) is 0 Å². The molecule has 3 heterocycles. The average molecular weight is 499 g/mol. The molecule has 8 aromatic rings. The van der Waals surface area contributed by atoms with E-state index in [-0.39, 0.29) is 0 Å². The van der Waals surface area contributed by atoms with Gasteiger partial charge in [-0.1, -0.05) is 66.7 Å². The molecular weight excluding hydrogens is 476 g/mol. The molecule has 3 nitrogen and oxygen atoms in total. The molecule has 39 heavy (non-hydrogen) atoms. The lowest BCUT2D eigenvalue weighted by atomic mass is 9.91. The number of fused-ring (bicyclic) bond motifs is 7. The van der Waals surface area contributed by atoms with Crippen molar-refractivity contribution < 1.29 is 4.42 Å². The van der Waals surface area contributed by atoms with E-state index < -0.39 is 0 Å². The van der Waals surface area contributed by atoms with E-state index in [1.165, 1.54) is 21.5 Å². The molecule has 182 valence electrons. The highest BCUT2D eigenvalue weighted by atomic mass is 16.3. The third-order valence-corrected chi connectivity index (χ3v) is 7.59. The second kappa shape index (κ2) is 8.64. The second-order valence-corrected chi connectivity index (χ2v) is 9.89. The van der Waals surface area contributed by atoms with Gasteiger partial charge in [0, 0.05) is 52.3 Å². The Morgan fingerprint density at radius 3 is 1.74 bits per heavy atom. The van der Waals surface area contributed by atoms with Crippen LogP contribution in [0.3, 0.4) is 0 Å². The summed E-state index contributed by atoms with van der Waals surface area (Å²) in [6.45, 7) is 0. The van der Waals surface area contributed by atoms with Crippen molar-refractivity contribution in [3.05, 3.63) is 134 Å². The SMILES string of the molecule is c1cncc(-c2cc(-c3cccnc3)cc(-c3cc4ccccc4c4c3oc3ccc5ccccc5c34)c2)c1. The van der Waals surface area contributed by atoms with Gasteiger partial charge in [0.25, 0.3) is 0 Å². The third kappa shape index (κ3) is 3.52. The molecule has 0 unspecified atom stereocenters. The Labute approximate surface area is 225 Å². The Hall–Kier alpha value is -5.28. The van der Waals surface area contributed by atoms with Crippen LogP contribution in [0.1, 0.15) is 0 Å². The molecule has 0 aliphatic heterocycles. The molecule has 3 aromatic heterocycles. The van der Waals surface area contributed by atoms with Crippen LogP contribution in [0.4, 0.5) is 0 Å². The van der Waals surface area contributed by atoms with Crippen molar-refractivity contribution in [2.45, 2.75) is 0 Å². The van der Waals surface area contributed by atoms with E-state index in [1.807, 2.05) is 24.5 Å². The molecule has 0 N–H and O–H groups in total. The summed E-state index contributed by atoms with van der Waals surface area (Å²) in [4.78, 5) is 8.77. The first-order chi connectivity index (χ1) is 19.3. The van der Waals surface area contributed by atoms with E-state index in [1.54, 1.807) is 12.4 Å². The zero-order valence-electron chi connectivity index (χ0n) is 21.0. The van der Waals surface area contributed by atoms with Gasteiger partial charge in [-0.15, -0.1) is 0 Å². The number of hydrogen-bond acceptors (Lipinski definition) is 3. The highest BCUT2D eigenvalue weighted by Crippen LogP contribution is 2.44. The quantitative estimate of drug-likeness (QED) is 0.243. The maximum Gasteiger partial charge on any atom is 0.143 e. The van der Waals surface area contributed by atoms with Crippen molar-refractivity contribution in [3.8, 4) is 33.4 Å². The van der Waals surface area contributed by atoms with Crippen molar-refractivity contribution in [1.82, 2.24) is 9.97 Å². The van der Waals surface area contributed by atoms with Crippen molar-refractivity contribution in [1.29, 1.82) is 0 Å². The summed E-state index contributed by atoms with van der Waals surface area (Å²) in [7, 11) is 0. The predicted molar refractivity (Wildman–Crippen MR) is 161 cm³/mol. The fourth-order valence-electron chi connectivity index (χ4n) is 5.79. The maximum absolute atomic E-state index is 6.72. The zero-order chi connectivity index (χ0) is 25.8. The summed E-state index contributed by atoms with van der Waals surface area (Å²) >= 11 is 0. The van der Waals surface area contributed by atoms with Crippen LogP contribution in [0.25, 0.3) is 76.9 Å². The van der Waals surface area contributed by atoms with Gasteiger partial charge in [-0.2, -0.15) is 0 Å². The van der Waals surface area contributed by atoms with Gasteiger partial charge in [0.15, 0.2) is 0 Å². The summed E-state index contributed by atoms with van der Waals surface area (Å²) in [6.07, 6.45) is 7.44. The lowest BCUT2D eigenvalue weighted by Gasteiger charge is -2.12. The maximum atomic E-state index is 6.72. The fourth-order valence-corrected chi connectivity index (χ4v) is 5.79. The minimum atomic E-state index is 0.900. The van der Waals surface area contributed by atoms with Crippen LogP contribution in [-0.4, -0.2) is 9.97 Å². The first-order valence-corrected chi connectivity index (χ1v) is 13.1. The van der Waals surface area contributed by atoms with Crippen LogP contribution in [0.2, 0.25) is 0 Å². The van der Waals surface area contributed by atoms with Gasteiger partial charge in [0.2, 0.25) is 0 Å². The summed E-state index contributed by atoms with van der Waals surface area (Å²) in [6, 6.07) is 38.5. The molecule has 0 atom stereocenters. The zero-order valence-corrected chi connectivity index (χ0v) is 21.0. The Balaban J connectivity index is 1.51. The summed E-state index contributed by atoms with van der Waals surface area (Å²) < 4.78 is 6.72. The molecule has 0 amide bonds. The van der Waals surface area contributed by atoms with E-state index in [0.29, 0.717) is 0 Å². The van der Waals surface area contributed by atoms with E-state index in [0.717, 1.165) is 55.3 Å². The number of nitrogens with zero attached hydrogens (tertiary/aromatic N) is 2. The molecular formula is C36H22N2O. The van der Waals surface area contributed by atoms with Gasteiger partial charge in [-0.3, -0.25) is 9.97 Å². The summed E-state index contributed by atoms with van der Waals surface area (Å²) in [5, 5.41) is 7.12. The fraction of sp³-hybridized carbons (Fsp3) is 0. The minimum absolute atomic E-state index is 0.900. The van der Waals surface area contributed by atoms with E-state index in [2.05, 4.69) is 107 Å². The smallest absolute Gasteiger partial charge is 0.143 e. The molecule has 0 radical (unpaired) electrons. The minimum Gasteiger partial charge on any atom is -0.455 e. The molecule has 3 heteroatoms. The van der Waals surface area contributed by atoms with Crippen LogP contribution in [0.15, 0.2) is 138 Å². The molecule has 5 aromatic carbocycles. The molecule has 0 aliphatic carbocycles. The number of rotatable bonds is 3. The van der Waals surface area contributed by atoms with Gasteiger partial charge >= 0.3 is 0 Å². The molecule has 0 spiro atoms. The summed E-state index contributed by atoms with van der Waals surface area (Å²) in [5.41, 5.74) is 8.30. The third-order valence-electron chi connectivity index (χ3n) is 7.59. The standard InChI is InChI=1S/C36H22N2O/c1-3-11-30-23(7-1)13-14-33-34(30)35-31-12-4-2-8-24(31)20-32(36(35)39-33)29-18-27(25-9-5-15-37-21-25)17-28(19-29)26-10-6-16-38-22-26/h1-22H. The van der Waals surface area contributed by atoms with Gasteiger partial charge in [-0.25, -0.2) is 0 Å². The van der Waals surface area contributed by atoms with Crippen molar-refractivity contribution >= 4 is 43.5 Å². The second-order valence-electron chi connectivity index (χ2n) is 9.89. The van der Waals surface area contributed by atoms with Crippen molar-refractivity contribution in [3.63, 3.8) is 0 Å². The normalized spacial score (nSPS) is 11.6. The van der Waals surface area contributed by atoms with E-state index in [4.69, 9.17) is 4.42 Å². The topological polar surface area (TPSA) is 38.9 Å². The Bertz CT molecular complexity index is 2110. The van der Waals surface area contributed by atoms with Crippen LogP contribution >= 0.6 is 0 Å². The predicted octanol–water partition coefficient (Wildman–Crippen LogP) is 9.68. The number of furan rings is 1. The van der Waals surface area contributed by atoms with Crippen molar-refractivity contribution in [2.24, 2.45) is 0 Å². The lowest BCUT2D eigenvalue weighted by molar-refractivity contribution is 0.670. The molecule has 0 saturated carbocycles. The van der Waals surface area contributed by atoms with E-state index in [9.17, 15) is 0 Å². The van der Waals surface area contributed by atoms with Gasteiger partial charge in [0.1, 0.15) is 11.2 Å². The lowest BCUT2D eigenvalue weighted by Crippen LogP contribution is -1.88. The number of aromatic nitrogens is 2. The van der Waals surface area contributed by atoms with E-state index >= 15 is 0 Å². The largest absolute Gasteiger partial charge is 0.455 e. The highest BCUT2D eigenvalue weighted by Gasteiger charge is 2.19. The van der Waals surface area contributed by atoms with Gasteiger partial charge in [-0.05, 0) is 80.7 Å². The molecule has 8 rings (SSSR count). The first-order valence-electron chi connectivity index (χ1n) is 13.1. The number of hydrogen-bond donors (Lipinski definition) is 0. The number of benzene rings is 5. The molecule has 0 fully saturated rings. The highest BCUT2D eigenvalue weighted by molar-refractivity contribution is 6.28.